The highest BCUT2D eigenvalue weighted by atomic mass is 35.5. The molecule has 0 saturated heterocycles. The zero-order chi connectivity index (χ0) is 15.6. The molecule has 2 rings (SSSR count). The molecule has 0 saturated carbocycles. The van der Waals surface area contributed by atoms with E-state index in [-0.39, 0.29) is 21.7 Å². The number of benzene rings is 1. The summed E-state index contributed by atoms with van der Waals surface area (Å²) in [5.74, 6) is -0.146. The lowest BCUT2D eigenvalue weighted by Crippen LogP contribution is -1.99. The molecule has 21 heavy (non-hydrogen) atoms. The molecule has 1 aromatic carbocycles. The SMILES string of the molecule is CS(=O)(=O)c1ccc(Oc2ncnc(Cl)c2[N+](=O)[O-])cc1. The van der Waals surface area contributed by atoms with Crippen LogP contribution in [-0.2, 0) is 9.84 Å². The van der Waals surface area contributed by atoms with Gasteiger partial charge in [-0.25, -0.2) is 13.4 Å². The normalized spacial score (nSPS) is 11.1. The molecule has 0 amide bonds. The number of aromatic nitrogens is 2. The van der Waals surface area contributed by atoms with E-state index in [4.69, 9.17) is 16.3 Å². The van der Waals surface area contributed by atoms with Crippen molar-refractivity contribution in [2.75, 3.05) is 6.26 Å². The largest absolute Gasteiger partial charge is 0.434 e. The van der Waals surface area contributed by atoms with Crippen LogP contribution in [0.2, 0.25) is 5.15 Å². The lowest BCUT2D eigenvalue weighted by atomic mass is 10.3. The quantitative estimate of drug-likeness (QED) is 0.480. The van der Waals surface area contributed by atoms with E-state index in [1.54, 1.807) is 0 Å². The van der Waals surface area contributed by atoms with Crippen LogP contribution in [-0.4, -0.2) is 29.6 Å². The number of ether oxygens (including phenoxy) is 1. The van der Waals surface area contributed by atoms with Crippen LogP contribution in [0.4, 0.5) is 5.69 Å². The van der Waals surface area contributed by atoms with Gasteiger partial charge in [-0.15, -0.1) is 0 Å². The Hall–Kier alpha value is -2.26. The van der Waals surface area contributed by atoms with E-state index in [1.807, 2.05) is 0 Å². The molecule has 0 fully saturated rings. The van der Waals surface area contributed by atoms with Gasteiger partial charge in [0.1, 0.15) is 12.1 Å². The fourth-order valence-electron chi connectivity index (χ4n) is 1.44. The first-order chi connectivity index (χ1) is 9.79. The van der Waals surface area contributed by atoms with E-state index in [9.17, 15) is 18.5 Å². The Balaban J connectivity index is 2.35. The van der Waals surface area contributed by atoms with Crippen molar-refractivity contribution >= 4 is 27.1 Å². The summed E-state index contributed by atoms with van der Waals surface area (Å²) in [6, 6.07) is 5.35. The number of nitrogens with zero attached hydrogens (tertiary/aromatic N) is 3. The molecule has 0 bridgehead atoms. The highest BCUT2D eigenvalue weighted by molar-refractivity contribution is 7.90. The van der Waals surface area contributed by atoms with Crippen molar-refractivity contribution in [3.8, 4) is 11.6 Å². The van der Waals surface area contributed by atoms with E-state index < -0.39 is 20.4 Å². The average Bonchev–Trinajstić information content (AvgIpc) is 2.38. The molecule has 0 radical (unpaired) electrons. The second kappa shape index (κ2) is 5.62. The van der Waals surface area contributed by atoms with Gasteiger partial charge in [0.05, 0.1) is 9.82 Å². The van der Waals surface area contributed by atoms with Gasteiger partial charge < -0.3 is 4.74 Å². The van der Waals surface area contributed by atoms with E-state index in [2.05, 4.69) is 9.97 Å². The van der Waals surface area contributed by atoms with Crippen LogP contribution in [0.3, 0.4) is 0 Å². The van der Waals surface area contributed by atoms with Crippen molar-refractivity contribution < 1.29 is 18.1 Å². The number of hydrogen-bond donors (Lipinski definition) is 0. The third-order valence-corrected chi connectivity index (χ3v) is 3.80. The molecule has 0 aliphatic heterocycles. The summed E-state index contributed by atoms with van der Waals surface area (Å²) in [6.45, 7) is 0. The van der Waals surface area contributed by atoms with Gasteiger partial charge in [0.2, 0.25) is 5.15 Å². The van der Waals surface area contributed by atoms with Crippen LogP contribution in [0.15, 0.2) is 35.5 Å². The van der Waals surface area contributed by atoms with Gasteiger partial charge >= 0.3 is 11.6 Å². The summed E-state index contributed by atoms with van der Waals surface area (Å²) in [5, 5.41) is 10.6. The van der Waals surface area contributed by atoms with Crippen molar-refractivity contribution in [2.45, 2.75) is 4.90 Å². The minimum absolute atomic E-state index is 0.102. The number of nitro groups is 1. The van der Waals surface area contributed by atoms with Crippen LogP contribution in [0.5, 0.6) is 11.6 Å². The molecule has 0 spiro atoms. The van der Waals surface area contributed by atoms with Crippen molar-refractivity contribution in [1.82, 2.24) is 9.97 Å². The highest BCUT2D eigenvalue weighted by Crippen LogP contribution is 2.33. The first kappa shape index (κ1) is 15.1. The predicted octanol–water partition coefficient (Wildman–Crippen LogP) is 2.23. The standard InChI is InChI=1S/C11H8ClN3O5S/c1-21(18,19)8-4-2-7(3-5-8)20-11-9(15(16)17)10(12)13-6-14-11/h2-6H,1H3. The molecule has 10 heteroatoms. The molecule has 110 valence electrons. The smallest absolute Gasteiger partial charge is 0.368 e. The summed E-state index contributed by atoms with van der Waals surface area (Å²) in [6.07, 6.45) is 2.09. The van der Waals surface area contributed by atoms with Crippen LogP contribution in [0, 0.1) is 10.1 Å². The van der Waals surface area contributed by atoms with Crippen LogP contribution in [0.1, 0.15) is 0 Å². The maximum Gasteiger partial charge on any atom is 0.368 e. The molecule has 0 unspecified atom stereocenters. The van der Waals surface area contributed by atoms with Crippen molar-refractivity contribution in [3.05, 3.63) is 45.9 Å². The van der Waals surface area contributed by atoms with E-state index >= 15 is 0 Å². The van der Waals surface area contributed by atoms with Gasteiger partial charge in [0.25, 0.3) is 0 Å². The van der Waals surface area contributed by atoms with Gasteiger partial charge in [-0.05, 0) is 24.3 Å². The van der Waals surface area contributed by atoms with E-state index in [0.29, 0.717) is 0 Å². The van der Waals surface area contributed by atoms with Gasteiger partial charge in [0, 0.05) is 6.26 Å². The maximum atomic E-state index is 11.3. The van der Waals surface area contributed by atoms with Gasteiger partial charge in [-0.1, -0.05) is 11.6 Å². The monoisotopic (exact) mass is 329 g/mol. The Morgan fingerprint density at radius 1 is 1.24 bits per heavy atom. The fourth-order valence-corrected chi connectivity index (χ4v) is 2.26. The Morgan fingerprint density at radius 2 is 1.86 bits per heavy atom. The molecular formula is C11H8ClN3O5S. The number of rotatable bonds is 4. The molecule has 0 aliphatic rings. The zero-order valence-electron chi connectivity index (χ0n) is 10.6. The molecule has 0 atom stereocenters. The van der Waals surface area contributed by atoms with Gasteiger partial charge in [-0.3, -0.25) is 10.1 Å². The van der Waals surface area contributed by atoms with E-state index in [1.165, 1.54) is 24.3 Å². The summed E-state index contributed by atoms with van der Waals surface area (Å²) in [7, 11) is -3.33. The lowest BCUT2D eigenvalue weighted by molar-refractivity contribution is -0.386. The zero-order valence-corrected chi connectivity index (χ0v) is 12.1. The summed E-state index contributed by atoms with van der Waals surface area (Å²) in [4.78, 5) is 17.4. The molecule has 1 heterocycles. The van der Waals surface area contributed by atoms with Crippen molar-refractivity contribution in [2.24, 2.45) is 0 Å². The molecule has 0 aliphatic carbocycles. The Bertz CT molecular complexity index is 792. The van der Waals surface area contributed by atoms with Gasteiger partial charge in [-0.2, -0.15) is 4.98 Å². The Labute approximate surface area is 124 Å². The summed E-state index contributed by atoms with van der Waals surface area (Å²) < 4.78 is 27.9. The van der Waals surface area contributed by atoms with Crippen molar-refractivity contribution in [1.29, 1.82) is 0 Å². The second-order valence-corrected chi connectivity index (χ2v) is 6.29. The number of halogens is 1. The first-order valence-corrected chi connectivity index (χ1v) is 7.69. The molecule has 2 aromatic rings. The van der Waals surface area contributed by atoms with E-state index in [0.717, 1.165) is 12.6 Å². The number of hydrogen-bond acceptors (Lipinski definition) is 7. The maximum absolute atomic E-state index is 11.3. The Morgan fingerprint density at radius 3 is 2.38 bits per heavy atom. The highest BCUT2D eigenvalue weighted by Gasteiger charge is 2.23. The summed E-state index contributed by atoms with van der Waals surface area (Å²) in [5.41, 5.74) is -0.564. The molecule has 1 aromatic heterocycles. The second-order valence-electron chi connectivity index (χ2n) is 3.92. The van der Waals surface area contributed by atoms with Crippen LogP contribution in [0.25, 0.3) is 0 Å². The predicted molar refractivity (Wildman–Crippen MR) is 73.3 cm³/mol. The molecule has 8 nitrogen and oxygen atoms in total. The third-order valence-electron chi connectivity index (χ3n) is 2.39. The third kappa shape index (κ3) is 3.44. The van der Waals surface area contributed by atoms with Crippen LogP contribution < -0.4 is 4.74 Å². The van der Waals surface area contributed by atoms with Gasteiger partial charge in [0.15, 0.2) is 9.84 Å². The average molecular weight is 330 g/mol. The fraction of sp³-hybridized carbons (Fsp3) is 0.0909. The Kier molecular flexibility index (Phi) is 4.05. The topological polar surface area (TPSA) is 112 Å². The van der Waals surface area contributed by atoms with Crippen LogP contribution >= 0.6 is 11.6 Å². The van der Waals surface area contributed by atoms with Crippen molar-refractivity contribution in [3.63, 3.8) is 0 Å². The number of sulfone groups is 1. The minimum atomic E-state index is -3.33. The molecular weight excluding hydrogens is 322 g/mol. The lowest BCUT2D eigenvalue weighted by Gasteiger charge is -2.06. The summed E-state index contributed by atoms with van der Waals surface area (Å²) >= 11 is 5.62. The molecule has 0 N–H and O–H groups in total. The minimum Gasteiger partial charge on any atom is -0.434 e. The first-order valence-electron chi connectivity index (χ1n) is 5.42.